The van der Waals surface area contributed by atoms with Crippen molar-refractivity contribution in [3.05, 3.63) is 63.4 Å². The lowest BCUT2D eigenvalue weighted by Gasteiger charge is -2.09. The van der Waals surface area contributed by atoms with Crippen molar-refractivity contribution in [1.29, 1.82) is 0 Å². The number of alkyl halides is 3. The zero-order valence-corrected chi connectivity index (χ0v) is 18.5. The molecule has 2 heterocycles. The van der Waals surface area contributed by atoms with Gasteiger partial charge < -0.3 is 4.57 Å². The summed E-state index contributed by atoms with van der Waals surface area (Å²) in [5.41, 5.74) is -0.435. The number of aromatic nitrogens is 2. The average molecular weight is 493 g/mol. The number of carbonyl (C=O) groups excluding carboxylic acids is 1. The van der Waals surface area contributed by atoms with E-state index in [0.29, 0.717) is 4.88 Å². The Morgan fingerprint density at radius 3 is 2.65 bits per heavy atom. The molecule has 3 rings (SSSR count). The number of thiazole rings is 1. The number of nitrogens with one attached hydrogen (secondary N) is 2. The van der Waals surface area contributed by atoms with E-state index in [1.165, 1.54) is 43.2 Å². The summed E-state index contributed by atoms with van der Waals surface area (Å²) >= 11 is 7.10. The molecule has 1 amide bonds. The van der Waals surface area contributed by atoms with Gasteiger partial charge in [-0.2, -0.15) is 13.2 Å². The first-order valence-electron chi connectivity index (χ1n) is 8.62. The van der Waals surface area contributed by atoms with Crippen molar-refractivity contribution in [3.63, 3.8) is 0 Å². The number of rotatable bonds is 6. The molecule has 166 valence electrons. The lowest BCUT2D eigenvalue weighted by atomic mass is 10.1. The Balaban J connectivity index is 1.76. The number of anilines is 1. The van der Waals surface area contributed by atoms with Crippen LogP contribution in [0.4, 0.5) is 18.3 Å². The van der Waals surface area contributed by atoms with Gasteiger partial charge in [0, 0.05) is 35.8 Å². The van der Waals surface area contributed by atoms with Gasteiger partial charge in [0.05, 0.1) is 5.56 Å². The van der Waals surface area contributed by atoms with Crippen molar-refractivity contribution in [3.8, 4) is 0 Å². The third-order valence-electron chi connectivity index (χ3n) is 4.30. The fraction of sp³-hybridized carbons (Fsp3) is 0.222. The molecule has 0 atom stereocenters. The summed E-state index contributed by atoms with van der Waals surface area (Å²) in [6.45, 7) is 0. The van der Waals surface area contributed by atoms with Crippen LogP contribution in [0, 0.1) is 0 Å². The first-order valence-corrected chi connectivity index (χ1v) is 11.3. The minimum Gasteiger partial charge on any atom is -0.345 e. The number of aryl methyl sites for hydroxylation is 1. The van der Waals surface area contributed by atoms with Gasteiger partial charge in [-0.3, -0.25) is 10.1 Å². The van der Waals surface area contributed by atoms with Gasteiger partial charge in [-0.25, -0.2) is 18.1 Å². The molecule has 0 aliphatic rings. The Hall–Kier alpha value is -2.41. The molecule has 0 aliphatic carbocycles. The van der Waals surface area contributed by atoms with Crippen LogP contribution in [0.5, 0.6) is 0 Å². The molecule has 7 nitrogen and oxygen atoms in total. The van der Waals surface area contributed by atoms with Crippen LogP contribution in [0.15, 0.2) is 41.6 Å². The molecule has 0 aliphatic heterocycles. The Morgan fingerprint density at radius 1 is 1.29 bits per heavy atom. The number of hydrogen-bond acceptors (Lipinski definition) is 5. The minimum atomic E-state index is -4.49. The summed E-state index contributed by atoms with van der Waals surface area (Å²) in [6.07, 6.45) is -1.66. The van der Waals surface area contributed by atoms with Crippen molar-refractivity contribution in [2.45, 2.75) is 17.5 Å². The van der Waals surface area contributed by atoms with E-state index in [-0.39, 0.29) is 32.7 Å². The molecular weight excluding hydrogens is 477 g/mol. The van der Waals surface area contributed by atoms with E-state index in [0.717, 1.165) is 23.5 Å². The Kier molecular flexibility index (Phi) is 6.46. The van der Waals surface area contributed by atoms with Gasteiger partial charge in [-0.05, 0) is 36.9 Å². The van der Waals surface area contributed by atoms with Crippen LogP contribution in [0.3, 0.4) is 0 Å². The molecule has 0 radical (unpaired) electrons. The molecule has 0 bridgehead atoms. The van der Waals surface area contributed by atoms with Crippen LogP contribution >= 0.6 is 22.9 Å². The Bertz CT molecular complexity index is 1240. The van der Waals surface area contributed by atoms with Gasteiger partial charge in [0.2, 0.25) is 10.0 Å². The van der Waals surface area contributed by atoms with E-state index in [1.54, 1.807) is 0 Å². The van der Waals surface area contributed by atoms with Gasteiger partial charge in [0.1, 0.15) is 10.6 Å². The van der Waals surface area contributed by atoms with Crippen LogP contribution in [0.1, 0.15) is 26.5 Å². The van der Waals surface area contributed by atoms with Gasteiger partial charge >= 0.3 is 6.18 Å². The van der Waals surface area contributed by atoms with Crippen molar-refractivity contribution < 1.29 is 26.4 Å². The smallest absolute Gasteiger partial charge is 0.345 e. The zero-order chi connectivity index (χ0) is 23.0. The van der Waals surface area contributed by atoms with Crippen molar-refractivity contribution >= 4 is 44.0 Å². The monoisotopic (exact) mass is 492 g/mol. The fourth-order valence-electron chi connectivity index (χ4n) is 2.71. The largest absolute Gasteiger partial charge is 0.416 e. The van der Waals surface area contributed by atoms with E-state index in [2.05, 4.69) is 15.0 Å². The van der Waals surface area contributed by atoms with Crippen molar-refractivity contribution in [2.24, 2.45) is 7.05 Å². The fourth-order valence-corrected chi connectivity index (χ4v) is 4.52. The SMILES string of the molecule is CNS(=O)(=O)c1cc(C(=O)Nc2ncc(Cc3cc(C(F)(F)F)ccc3Cl)s2)n(C)c1. The summed E-state index contributed by atoms with van der Waals surface area (Å²) in [5, 5.41) is 2.96. The van der Waals surface area contributed by atoms with Crippen LogP contribution in [-0.4, -0.2) is 30.9 Å². The van der Waals surface area contributed by atoms with Crippen LogP contribution < -0.4 is 10.0 Å². The molecule has 0 saturated carbocycles. The molecule has 0 spiro atoms. The third-order valence-corrected chi connectivity index (χ3v) is 6.97. The topological polar surface area (TPSA) is 93.1 Å². The van der Waals surface area contributed by atoms with Crippen LogP contribution in [-0.2, 0) is 29.7 Å². The standard InChI is InChI=1S/C18H16ClF3N4O3S2/c1-23-31(28,29)13-7-15(26(2)9-13)16(27)25-17-24-8-12(30-17)6-10-5-11(18(20,21)22)3-4-14(10)19/h3-5,7-9,23H,6H2,1-2H3,(H,24,25,27). The predicted molar refractivity (Wildman–Crippen MR) is 111 cm³/mol. The molecule has 31 heavy (non-hydrogen) atoms. The van der Waals surface area contributed by atoms with E-state index < -0.39 is 27.7 Å². The number of amides is 1. The minimum absolute atomic E-state index is 0.0679. The summed E-state index contributed by atoms with van der Waals surface area (Å²) in [7, 11) is -0.931. The van der Waals surface area contributed by atoms with Crippen LogP contribution in [0.25, 0.3) is 0 Å². The Morgan fingerprint density at radius 2 is 2.00 bits per heavy atom. The number of hydrogen-bond donors (Lipinski definition) is 2. The highest BCUT2D eigenvalue weighted by molar-refractivity contribution is 7.89. The molecule has 2 aromatic heterocycles. The number of nitrogens with zero attached hydrogens (tertiary/aromatic N) is 2. The van der Waals surface area contributed by atoms with E-state index >= 15 is 0 Å². The highest BCUT2D eigenvalue weighted by Crippen LogP contribution is 2.33. The number of benzene rings is 1. The van der Waals surface area contributed by atoms with E-state index in [4.69, 9.17) is 11.6 Å². The maximum atomic E-state index is 12.9. The van der Waals surface area contributed by atoms with Crippen LogP contribution in [0.2, 0.25) is 5.02 Å². The van der Waals surface area contributed by atoms with Gasteiger partial charge in [0.15, 0.2) is 5.13 Å². The van der Waals surface area contributed by atoms with Crippen molar-refractivity contribution in [1.82, 2.24) is 14.3 Å². The van der Waals surface area contributed by atoms with E-state index in [9.17, 15) is 26.4 Å². The summed E-state index contributed by atoms with van der Waals surface area (Å²) in [5.74, 6) is -0.585. The maximum absolute atomic E-state index is 12.9. The predicted octanol–water partition coefficient (Wildman–Crippen LogP) is 3.91. The lowest BCUT2D eigenvalue weighted by Crippen LogP contribution is -2.18. The number of carbonyl (C=O) groups is 1. The van der Waals surface area contributed by atoms with Gasteiger partial charge in [0.25, 0.3) is 5.91 Å². The lowest BCUT2D eigenvalue weighted by molar-refractivity contribution is -0.137. The highest BCUT2D eigenvalue weighted by Gasteiger charge is 2.31. The zero-order valence-electron chi connectivity index (χ0n) is 16.1. The second-order valence-electron chi connectivity index (χ2n) is 6.45. The second-order valence-corrected chi connectivity index (χ2v) is 9.86. The maximum Gasteiger partial charge on any atom is 0.416 e. The normalized spacial score (nSPS) is 12.2. The molecule has 3 aromatic rings. The van der Waals surface area contributed by atoms with Gasteiger partial charge in [-0.1, -0.05) is 11.6 Å². The first kappa shape index (κ1) is 23.3. The van der Waals surface area contributed by atoms with Gasteiger partial charge in [-0.15, -0.1) is 11.3 Å². The molecule has 2 N–H and O–H groups in total. The number of halogens is 4. The summed E-state index contributed by atoms with van der Waals surface area (Å²) < 4.78 is 66.1. The molecule has 0 fully saturated rings. The van der Waals surface area contributed by atoms with Crippen molar-refractivity contribution in [2.75, 3.05) is 12.4 Å². The second kappa shape index (κ2) is 8.61. The molecule has 13 heteroatoms. The average Bonchev–Trinajstić information content (AvgIpc) is 3.29. The summed E-state index contributed by atoms with van der Waals surface area (Å²) in [6, 6.07) is 4.30. The molecule has 0 unspecified atom stereocenters. The highest BCUT2D eigenvalue weighted by atomic mass is 35.5. The molecule has 0 saturated heterocycles. The molecular formula is C18H16ClF3N4O3S2. The third kappa shape index (κ3) is 5.26. The van der Waals surface area contributed by atoms with E-state index in [1.807, 2.05) is 0 Å². The summed E-state index contributed by atoms with van der Waals surface area (Å²) in [4.78, 5) is 17.1. The quantitative estimate of drug-likeness (QED) is 0.545. The Labute approximate surface area is 184 Å². The molecule has 1 aromatic carbocycles. The number of sulfonamides is 1. The first-order chi connectivity index (χ1) is 14.4.